The van der Waals surface area contributed by atoms with Crippen LogP contribution in [0.15, 0.2) is 42.5 Å². The third-order valence-electron chi connectivity index (χ3n) is 4.63. The van der Waals surface area contributed by atoms with Crippen LogP contribution in [0.3, 0.4) is 0 Å². The van der Waals surface area contributed by atoms with E-state index in [1.165, 1.54) is 23.1 Å². The van der Waals surface area contributed by atoms with Gasteiger partial charge >= 0.3 is 0 Å². The van der Waals surface area contributed by atoms with Crippen LogP contribution in [-0.2, 0) is 19.4 Å². The number of hydrogen-bond donors (Lipinski definition) is 1. The van der Waals surface area contributed by atoms with Crippen LogP contribution in [0, 0.1) is 0 Å². The summed E-state index contributed by atoms with van der Waals surface area (Å²) in [7, 11) is 0. The molecule has 1 heterocycles. The number of aryl methyl sites for hydroxylation is 1. The van der Waals surface area contributed by atoms with Crippen molar-refractivity contribution in [1.29, 1.82) is 0 Å². The minimum atomic E-state index is 0.558. The average molecular weight is 315 g/mol. The second-order valence-electron chi connectivity index (χ2n) is 6.24. The van der Waals surface area contributed by atoms with Crippen LogP contribution in [0.4, 0.5) is 5.69 Å². The average Bonchev–Trinajstić information content (AvgIpc) is 2.51. The van der Waals surface area contributed by atoms with Crippen molar-refractivity contribution in [1.82, 2.24) is 4.90 Å². The van der Waals surface area contributed by atoms with E-state index >= 15 is 0 Å². The normalized spacial score (nSPS) is 18.2. The maximum atomic E-state index is 6.11. The van der Waals surface area contributed by atoms with Gasteiger partial charge in [0.2, 0.25) is 0 Å². The van der Waals surface area contributed by atoms with Crippen molar-refractivity contribution in [2.75, 3.05) is 12.3 Å². The van der Waals surface area contributed by atoms with Gasteiger partial charge in [0.1, 0.15) is 0 Å². The summed E-state index contributed by atoms with van der Waals surface area (Å²) in [6.07, 6.45) is 3.33. The molecule has 0 radical (unpaired) electrons. The van der Waals surface area contributed by atoms with Gasteiger partial charge in [0, 0.05) is 23.3 Å². The minimum absolute atomic E-state index is 0.558. The Morgan fingerprint density at radius 1 is 1.18 bits per heavy atom. The van der Waals surface area contributed by atoms with E-state index in [1.807, 2.05) is 18.2 Å². The van der Waals surface area contributed by atoms with Gasteiger partial charge in [0.15, 0.2) is 0 Å². The topological polar surface area (TPSA) is 29.3 Å². The Bertz CT molecular complexity index is 636. The van der Waals surface area contributed by atoms with Crippen LogP contribution in [0.5, 0.6) is 0 Å². The van der Waals surface area contributed by atoms with Gasteiger partial charge in [-0.3, -0.25) is 4.90 Å². The summed E-state index contributed by atoms with van der Waals surface area (Å²) in [5.41, 5.74) is 11.2. The molecule has 2 aromatic rings. The number of halogens is 1. The van der Waals surface area contributed by atoms with Crippen molar-refractivity contribution in [3.05, 3.63) is 64.2 Å². The largest absolute Gasteiger partial charge is 0.398 e. The van der Waals surface area contributed by atoms with E-state index in [4.69, 9.17) is 17.3 Å². The first kappa shape index (κ1) is 15.4. The Labute approximate surface area is 137 Å². The predicted octanol–water partition coefficient (Wildman–Crippen LogP) is 4.30. The van der Waals surface area contributed by atoms with Crippen LogP contribution in [-0.4, -0.2) is 17.5 Å². The fourth-order valence-electron chi connectivity index (χ4n) is 3.29. The fraction of sp³-hybridized carbons (Fsp3) is 0.368. The summed E-state index contributed by atoms with van der Waals surface area (Å²) in [4.78, 5) is 2.57. The first-order chi connectivity index (χ1) is 10.6. The number of hydrogen-bond acceptors (Lipinski definition) is 2. The lowest BCUT2D eigenvalue weighted by Crippen LogP contribution is -2.39. The van der Waals surface area contributed by atoms with Crippen molar-refractivity contribution in [2.24, 2.45) is 0 Å². The molecule has 2 aromatic carbocycles. The van der Waals surface area contributed by atoms with Gasteiger partial charge in [-0.2, -0.15) is 0 Å². The molecule has 3 rings (SSSR count). The zero-order valence-electron chi connectivity index (χ0n) is 13.1. The van der Waals surface area contributed by atoms with Gasteiger partial charge in [-0.05, 0) is 67.6 Å². The smallest absolute Gasteiger partial charge is 0.0406 e. The van der Waals surface area contributed by atoms with Crippen molar-refractivity contribution < 1.29 is 0 Å². The summed E-state index contributed by atoms with van der Waals surface area (Å²) in [5, 5.41) is 0.808. The molecule has 0 aromatic heterocycles. The van der Waals surface area contributed by atoms with Crippen molar-refractivity contribution in [3.8, 4) is 0 Å². The molecular formula is C19H23ClN2. The summed E-state index contributed by atoms with van der Waals surface area (Å²) in [5.74, 6) is 0. The number of benzene rings is 2. The summed E-state index contributed by atoms with van der Waals surface area (Å²) in [6.45, 7) is 4.44. The van der Waals surface area contributed by atoms with Crippen molar-refractivity contribution in [3.63, 3.8) is 0 Å². The van der Waals surface area contributed by atoms with Gasteiger partial charge in [0.05, 0.1) is 0 Å². The van der Waals surface area contributed by atoms with Gasteiger partial charge < -0.3 is 5.73 Å². The first-order valence-electron chi connectivity index (χ1n) is 7.98. The Kier molecular flexibility index (Phi) is 4.70. The molecule has 2 nitrogen and oxygen atoms in total. The SMILES string of the molecule is CC1Cc2c(N)cccc2CN1CCCc1ccc(Cl)cc1. The quantitative estimate of drug-likeness (QED) is 0.852. The van der Waals surface area contributed by atoms with E-state index in [0.29, 0.717) is 6.04 Å². The predicted molar refractivity (Wildman–Crippen MR) is 94.2 cm³/mol. The molecule has 1 atom stereocenters. The van der Waals surface area contributed by atoms with Gasteiger partial charge in [-0.25, -0.2) is 0 Å². The molecule has 0 saturated carbocycles. The van der Waals surface area contributed by atoms with Crippen LogP contribution < -0.4 is 5.73 Å². The third kappa shape index (κ3) is 3.45. The van der Waals surface area contributed by atoms with E-state index < -0.39 is 0 Å². The van der Waals surface area contributed by atoms with Crippen molar-refractivity contribution >= 4 is 17.3 Å². The number of nitrogen functional groups attached to an aromatic ring is 1. The lowest BCUT2D eigenvalue weighted by atomic mass is 9.93. The lowest BCUT2D eigenvalue weighted by Gasteiger charge is -2.35. The molecule has 0 amide bonds. The number of nitrogens with two attached hydrogens (primary N) is 1. The lowest BCUT2D eigenvalue weighted by molar-refractivity contribution is 0.182. The number of nitrogens with zero attached hydrogens (tertiary/aromatic N) is 1. The zero-order valence-corrected chi connectivity index (χ0v) is 13.8. The Balaban J connectivity index is 1.58. The molecular weight excluding hydrogens is 292 g/mol. The van der Waals surface area contributed by atoms with Crippen LogP contribution in [0.2, 0.25) is 5.02 Å². The van der Waals surface area contributed by atoms with E-state index in [0.717, 1.165) is 36.6 Å². The molecule has 0 spiro atoms. The highest BCUT2D eigenvalue weighted by atomic mass is 35.5. The molecule has 116 valence electrons. The Morgan fingerprint density at radius 3 is 2.73 bits per heavy atom. The third-order valence-corrected chi connectivity index (χ3v) is 4.88. The second kappa shape index (κ2) is 6.72. The number of rotatable bonds is 4. The fourth-order valence-corrected chi connectivity index (χ4v) is 3.41. The van der Waals surface area contributed by atoms with E-state index in [1.54, 1.807) is 0 Å². The molecule has 3 heteroatoms. The molecule has 1 aliphatic rings. The Hall–Kier alpha value is -1.51. The highest BCUT2D eigenvalue weighted by Gasteiger charge is 2.23. The molecule has 0 bridgehead atoms. The van der Waals surface area contributed by atoms with Gasteiger partial charge in [0.25, 0.3) is 0 Å². The second-order valence-corrected chi connectivity index (χ2v) is 6.67. The molecule has 0 saturated heterocycles. The monoisotopic (exact) mass is 314 g/mol. The molecule has 0 aliphatic carbocycles. The maximum Gasteiger partial charge on any atom is 0.0406 e. The molecule has 0 fully saturated rings. The minimum Gasteiger partial charge on any atom is -0.398 e. The molecule has 2 N–H and O–H groups in total. The summed E-state index contributed by atoms with van der Waals surface area (Å²) >= 11 is 5.93. The van der Waals surface area contributed by atoms with Crippen LogP contribution in [0.25, 0.3) is 0 Å². The molecule has 1 aliphatic heterocycles. The standard InChI is InChI=1S/C19H23ClN2/c1-14-12-18-16(5-2-6-19(18)21)13-22(14)11-3-4-15-7-9-17(20)10-8-15/h2,5-10,14H,3-4,11-13,21H2,1H3. The number of anilines is 1. The van der Waals surface area contributed by atoms with E-state index in [9.17, 15) is 0 Å². The summed E-state index contributed by atoms with van der Waals surface area (Å²) in [6, 6.07) is 15.0. The number of fused-ring (bicyclic) bond motifs is 1. The summed E-state index contributed by atoms with van der Waals surface area (Å²) < 4.78 is 0. The highest BCUT2D eigenvalue weighted by molar-refractivity contribution is 6.30. The molecule has 1 unspecified atom stereocenters. The molecule has 22 heavy (non-hydrogen) atoms. The van der Waals surface area contributed by atoms with E-state index in [2.05, 4.69) is 36.1 Å². The van der Waals surface area contributed by atoms with E-state index in [-0.39, 0.29) is 0 Å². The van der Waals surface area contributed by atoms with Gasteiger partial charge in [-0.1, -0.05) is 35.9 Å². The first-order valence-corrected chi connectivity index (χ1v) is 8.36. The van der Waals surface area contributed by atoms with Gasteiger partial charge in [-0.15, -0.1) is 0 Å². The van der Waals surface area contributed by atoms with Crippen LogP contribution >= 0.6 is 11.6 Å². The van der Waals surface area contributed by atoms with Crippen molar-refractivity contribution in [2.45, 2.75) is 38.8 Å². The highest BCUT2D eigenvalue weighted by Crippen LogP contribution is 2.27. The van der Waals surface area contributed by atoms with Crippen LogP contribution in [0.1, 0.15) is 30.0 Å². The maximum absolute atomic E-state index is 6.11. The zero-order chi connectivity index (χ0) is 15.5. The Morgan fingerprint density at radius 2 is 1.95 bits per heavy atom.